The first-order valence-corrected chi connectivity index (χ1v) is 5.96. The molecule has 6 nitrogen and oxygen atoms in total. The Morgan fingerprint density at radius 3 is 2.63 bits per heavy atom. The fraction of sp³-hybridized carbons (Fsp3) is 0.231. The minimum Gasteiger partial charge on any atom is -0.481 e. The van der Waals surface area contributed by atoms with Crippen molar-refractivity contribution in [2.24, 2.45) is 5.73 Å². The zero-order valence-corrected chi connectivity index (χ0v) is 10.4. The highest BCUT2D eigenvalue weighted by atomic mass is 16.4. The first-order chi connectivity index (χ1) is 9.13. The molecule has 100 valence electrons. The second kappa shape index (κ2) is 5.53. The summed E-state index contributed by atoms with van der Waals surface area (Å²) < 4.78 is 1.26. The van der Waals surface area contributed by atoms with Crippen LogP contribution in [0.2, 0.25) is 0 Å². The molecule has 2 aromatic rings. The number of nitrogen functional groups attached to an aromatic ring is 1. The van der Waals surface area contributed by atoms with Crippen molar-refractivity contribution >= 4 is 5.97 Å². The Hall–Kier alpha value is -2.34. The van der Waals surface area contributed by atoms with Crippen molar-refractivity contribution in [3.05, 3.63) is 42.4 Å². The minimum atomic E-state index is -0.970. The van der Waals surface area contributed by atoms with Gasteiger partial charge in [0.05, 0.1) is 11.9 Å². The third-order valence-electron chi connectivity index (χ3n) is 2.90. The predicted octanol–water partition coefficient (Wildman–Crippen LogP) is 0.781. The molecule has 0 bridgehead atoms. The van der Waals surface area contributed by atoms with Crippen LogP contribution in [0.4, 0.5) is 0 Å². The molecule has 1 heterocycles. The van der Waals surface area contributed by atoms with Crippen molar-refractivity contribution in [3.8, 4) is 11.3 Å². The van der Waals surface area contributed by atoms with Gasteiger partial charge in [-0.15, -0.1) is 0 Å². The van der Waals surface area contributed by atoms with Gasteiger partial charge in [0.1, 0.15) is 11.7 Å². The third-order valence-corrected chi connectivity index (χ3v) is 2.90. The highest BCUT2D eigenvalue weighted by molar-refractivity contribution is 5.75. The Labute approximate surface area is 110 Å². The Balaban J connectivity index is 2.38. The molecule has 1 unspecified atom stereocenters. The van der Waals surface area contributed by atoms with E-state index in [1.54, 1.807) is 6.20 Å². The van der Waals surface area contributed by atoms with Crippen LogP contribution in [0.15, 0.2) is 36.5 Å². The van der Waals surface area contributed by atoms with Crippen molar-refractivity contribution < 1.29 is 9.90 Å². The molecule has 1 aromatic carbocycles. The van der Waals surface area contributed by atoms with E-state index in [4.69, 9.17) is 11.6 Å². The average molecular weight is 260 g/mol. The molecule has 0 radical (unpaired) electrons. The first-order valence-electron chi connectivity index (χ1n) is 5.96. The monoisotopic (exact) mass is 260 g/mol. The molecule has 0 aliphatic heterocycles. The van der Waals surface area contributed by atoms with E-state index in [0.717, 1.165) is 5.56 Å². The molecule has 1 atom stereocenters. The summed E-state index contributed by atoms with van der Waals surface area (Å²) in [6.45, 7) is 0.268. The molecular formula is C13H16N4O2. The molecule has 2 rings (SSSR count). The fourth-order valence-electron chi connectivity index (χ4n) is 1.94. The molecule has 0 saturated heterocycles. The topological polar surface area (TPSA) is 107 Å². The van der Waals surface area contributed by atoms with Gasteiger partial charge < -0.3 is 16.7 Å². The van der Waals surface area contributed by atoms with Crippen LogP contribution in [-0.4, -0.2) is 27.3 Å². The lowest BCUT2D eigenvalue weighted by Gasteiger charge is -2.09. The highest BCUT2D eigenvalue weighted by Crippen LogP contribution is 2.23. The summed E-state index contributed by atoms with van der Waals surface area (Å²) in [5.41, 5.74) is 6.98. The SMILES string of the molecule is NCCC(C(=O)O)c1nc(-c2ccccc2)cn1N. The molecule has 0 saturated carbocycles. The van der Waals surface area contributed by atoms with Crippen LogP contribution in [0.3, 0.4) is 0 Å². The lowest BCUT2D eigenvalue weighted by atomic mass is 10.1. The zero-order chi connectivity index (χ0) is 13.8. The van der Waals surface area contributed by atoms with Crippen LogP contribution < -0.4 is 11.6 Å². The second-order valence-corrected chi connectivity index (χ2v) is 4.23. The van der Waals surface area contributed by atoms with Gasteiger partial charge in [-0.1, -0.05) is 30.3 Å². The van der Waals surface area contributed by atoms with Gasteiger partial charge >= 0.3 is 5.97 Å². The molecule has 5 N–H and O–H groups in total. The van der Waals surface area contributed by atoms with Crippen LogP contribution in [0.5, 0.6) is 0 Å². The van der Waals surface area contributed by atoms with Gasteiger partial charge in [-0.25, -0.2) is 4.98 Å². The summed E-state index contributed by atoms with van der Waals surface area (Å²) in [5, 5.41) is 9.20. The van der Waals surface area contributed by atoms with E-state index in [1.807, 2.05) is 30.3 Å². The molecule has 0 aliphatic carbocycles. The maximum atomic E-state index is 11.2. The van der Waals surface area contributed by atoms with E-state index in [0.29, 0.717) is 17.9 Å². The van der Waals surface area contributed by atoms with Crippen molar-refractivity contribution in [2.75, 3.05) is 12.4 Å². The summed E-state index contributed by atoms with van der Waals surface area (Å²) >= 11 is 0. The summed E-state index contributed by atoms with van der Waals surface area (Å²) in [5.74, 6) is 4.36. The van der Waals surface area contributed by atoms with Crippen LogP contribution in [-0.2, 0) is 4.79 Å². The molecular weight excluding hydrogens is 244 g/mol. The summed E-state index contributed by atoms with van der Waals surface area (Å²) in [6.07, 6.45) is 1.93. The number of aliphatic carboxylic acids is 1. The Kier molecular flexibility index (Phi) is 3.82. The van der Waals surface area contributed by atoms with Crippen LogP contribution in [0.1, 0.15) is 18.2 Å². The van der Waals surface area contributed by atoms with Gasteiger partial charge in [0.25, 0.3) is 0 Å². The number of carboxylic acids is 1. The second-order valence-electron chi connectivity index (χ2n) is 4.23. The third kappa shape index (κ3) is 2.74. The number of benzene rings is 1. The zero-order valence-electron chi connectivity index (χ0n) is 10.4. The van der Waals surface area contributed by atoms with Crippen LogP contribution >= 0.6 is 0 Å². The largest absolute Gasteiger partial charge is 0.481 e. The number of hydrogen-bond acceptors (Lipinski definition) is 4. The Bertz CT molecular complexity index is 565. The van der Waals surface area contributed by atoms with E-state index in [1.165, 1.54) is 4.68 Å². The lowest BCUT2D eigenvalue weighted by Crippen LogP contribution is -2.23. The Morgan fingerprint density at radius 1 is 1.37 bits per heavy atom. The molecule has 0 aliphatic rings. The fourth-order valence-corrected chi connectivity index (χ4v) is 1.94. The van der Waals surface area contributed by atoms with Gasteiger partial charge in [-0.2, -0.15) is 0 Å². The van der Waals surface area contributed by atoms with E-state index >= 15 is 0 Å². The Morgan fingerprint density at radius 2 is 2.05 bits per heavy atom. The van der Waals surface area contributed by atoms with Gasteiger partial charge in [-0.3, -0.25) is 9.47 Å². The molecule has 1 aromatic heterocycles. The minimum absolute atomic E-state index is 0.268. The number of carbonyl (C=O) groups is 1. The number of imidazole rings is 1. The molecule has 0 amide bonds. The quantitative estimate of drug-likeness (QED) is 0.689. The van der Waals surface area contributed by atoms with Gasteiger partial charge in [0.2, 0.25) is 0 Å². The molecule has 6 heteroatoms. The number of rotatable bonds is 5. The average Bonchev–Trinajstić information content (AvgIpc) is 2.78. The van der Waals surface area contributed by atoms with Gasteiger partial charge in [0, 0.05) is 5.56 Å². The molecule has 19 heavy (non-hydrogen) atoms. The highest BCUT2D eigenvalue weighted by Gasteiger charge is 2.24. The maximum absolute atomic E-state index is 11.2. The summed E-state index contributed by atoms with van der Waals surface area (Å²) in [4.78, 5) is 15.5. The van der Waals surface area contributed by atoms with Crippen molar-refractivity contribution in [1.82, 2.24) is 9.66 Å². The summed E-state index contributed by atoms with van der Waals surface area (Å²) in [7, 11) is 0. The summed E-state index contributed by atoms with van der Waals surface area (Å²) in [6, 6.07) is 9.46. The van der Waals surface area contributed by atoms with Crippen LogP contribution in [0.25, 0.3) is 11.3 Å². The van der Waals surface area contributed by atoms with Crippen molar-refractivity contribution in [2.45, 2.75) is 12.3 Å². The number of nitrogens with two attached hydrogens (primary N) is 2. The number of aromatic nitrogens is 2. The van der Waals surface area contributed by atoms with Crippen molar-refractivity contribution in [1.29, 1.82) is 0 Å². The number of nitrogens with zero attached hydrogens (tertiary/aromatic N) is 2. The van der Waals surface area contributed by atoms with E-state index < -0.39 is 11.9 Å². The standard InChI is InChI=1S/C13H16N4O2/c14-7-6-10(13(18)19)12-16-11(8-17(12)15)9-4-2-1-3-5-9/h1-5,8,10H,6-7,14-15H2,(H,18,19). The van der Waals surface area contributed by atoms with Crippen molar-refractivity contribution in [3.63, 3.8) is 0 Å². The molecule has 0 fully saturated rings. The van der Waals surface area contributed by atoms with E-state index in [2.05, 4.69) is 4.98 Å². The molecule has 0 spiro atoms. The number of carboxylic acid groups (broad SMARTS) is 1. The van der Waals surface area contributed by atoms with E-state index in [-0.39, 0.29) is 6.54 Å². The normalized spacial score (nSPS) is 12.3. The number of hydrogen-bond donors (Lipinski definition) is 3. The van der Waals surface area contributed by atoms with Gasteiger partial charge in [0.15, 0.2) is 0 Å². The predicted molar refractivity (Wildman–Crippen MR) is 71.9 cm³/mol. The van der Waals surface area contributed by atoms with Crippen LogP contribution in [0, 0.1) is 0 Å². The smallest absolute Gasteiger partial charge is 0.314 e. The van der Waals surface area contributed by atoms with Gasteiger partial charge in [-0.05, 0) is 13.0 Å². The first kappa shape index (κ1) is 13.1. The lowest BCUT2D eigenvalue weighted by molar-refractivity contribution is -0.139. The van der Waals surface area contributed by atoms with E-state index in [9.17, 15) is 9.90 Å². The maximum Gasteiger partial charge on any atom is 0.314 e.